The van der Waals surface area contributed by atoms with Gasteiger partial charge in [0.1, 0.15) is 0 Å². The summed E-state index contributed by atoms with van der Waals surface area (Å²) in [7, 11) is 0. The number of rotatable bonds is 1. The van der Waals surface area contributed by atoms with Gasteiger partial charge in [-0.2, -0.15) is 0 Å². The zero-order chi connectivity index (χ0) is 31.3. The van der Waals surface area contributed by atoms with Crippen LogP contribution in [0.1, 0.15) is 79.8 Å². The molecule has 2 heteroatoms. The molecular weight excluding hydrogens is 560 g/mol. The van der Waals surface area contributed by atoms with Crippen LogP contribution < -0.4 is 0 Å². The first-order valence-electron chi connectivity index (χ1n) is 16.2. The van der Waals surface area contributed by atoms with Crippen LogP contribution in [-0.4, -0.2) is 5.97 Å². The minimum absolute atomic E-state index is 0.289. The van der Waals surface area contributed by atoms with Gasteiger partial charge in [0.2, 0.25) is 0 Å². The summed E-state index contributed by atoms with van der Waals surface area (Å²) in [5, 5.41) is 0. The van der Waals surface area contributed by atoms with Crippen molar-refractivity contribution in [3.8, 4) is 0 Å². The van der Waals surface area contributed by atoms with Gasteiger partial charge < -0.3 is 4.74 Å². The molecule has 0 aliphatic heterocycles. The van der Waals surface area contributed by atoms with Crippen molar-refractivity contribution in [2.75, 3.05) is 0 Å². The molecule has 6 aromatic rings. The lowest BCUT2D eigenvalue weighted by molar-refractivity contribution is -0.144. The predicted octanol–water partition coefficient (Wildman–Crippen LogP) is 9.61. The number of hydrogen-bond acceptors (Lipinski definition) is 2. The Labute approximate surface area is 272 Å². The van der Waals surface area contributed by atoms with Crippen molar-refractivity contribution in [1.29, 1.82) is 0 Å². The van der Waals surface area contributed by atoms with Gasteiger partial charge in [-0.05, 0) is 98.9 Å². The van der Waals surface area contributed by atoms with Crippen LogP contribution in [0, 0.1) is 0 Å². The second-order valence-electron chi connectivity index (χ2n) is 12.6. The Bertz CT molecular complexity index is 1870. The molecule has 0 N–H and O–H groups in total. The number of ether oxygens (including phenoxy) is 1. The molecule has 0 saturated heterocycles. The number of benzene rings is 6. The third-order valence-corrected chi connectivity index (χ3v) is 8.80. The molecule has 0 radical (unpaired) electrons. The van der Waals surface area contributed by atoms with E-state index in [0.29, 0.717) is 0 Å². The van der Waals surface area contributed by atoms with E-state index in [4.69, 9.17) is 4.74 Å². The molecule has 0 heterocycles. The number of carbonyl (C=O) groups excluding carboxylic acids is 1. The van der Waals surface area contributed by atoms with E-state index in [1.54, 1.807) is 0 Å². The summed E-state index contributed by atoms with van der Waals surface area (Å²) in [5.74, 6) is -0.289. The highest BCUT2D eigenvalue weighted by Gasteiger charge is 2.19. The zero-order valence-electron chi connectivity index (χ0n) is 26.3. The van der Waals surface area contributed by atoms with Crippen molar-refractivity contribution >= 4 is 5.97 Å². The van der Waals surface area contributed by atoms with Crippen LogP contribution in [0.3, 0.4) is 0 Å². The Kier molecular flexibility index (Phi) is 8.61. The maximum atomic E-state index is 12.3. The van der Waals surface area contributed by atoms with Crippen LogP contribution >= 0.6 is 0 Å². The SMILES string of the molecule is CC(=O)OC1c2cccc(c2)Cc2cccc(c2)Cc2cccc(c2)Cc2cccc(c2)Cc2cccc(c2)Cc2cccc1c2. The lowest BCUT2D eigenvalue weighted by Gasteiger charge is -2.20. The molecule has 7 rings (SSSR count). The molecule has 0 spiro atoms. The number of fused-ring (bicyclic) bond motifs is 12. The molecular formula is C44H38O2. The molecule has 0 amide bonds. The van der Waals surface area contributed by atoms with Crippen molar-refractivity contribution in [3.63, 3.8) is 0 Å². The fourth-order valence-corrected chi connectivity index (χ4v) is 6.80. The molecule has 0 atom stereocenters. The zero-order valence-corrected chi connectivity index (χ0v) is 26.3. The van der Waals surface area contributed by atoms with Gasteiger partial charge in [0.15, 0.2) is 6.10 Å². The summed E-state index contributed by atoms with van der Waals surface area (Å²) in [6.07, 6.45) is 3.84. The van der Waals surface area contributed by atoms with E-state index in [9.17, 15) is 4.79 Å². The van der Waals surface area contributed by atoms with Gasteiger partial charge in [-0.25, -0.2) is 0 Å². The summed E-state index contributed by atoms with van der Waals surface area (Å²) in [6.45, 7) is 1.49. The van der Waals surface area contributed by atoms with E-state index in [1.165, 1.54) is 62.6 Å². The molecule has 0 saturated carbocycles. The Morgan fingerprint density at radius 2 is 0.652 bits per heavy atom. The van der Waals surface area contributed by atoms with Crippen molar-refractivity contribution in [2.45, 2.75) is 45.1 Å². The molecule has 0 fully saturated rings. The highest BCUT2D eigenvalue weighted by Crippen LogP contribution is 2.29. The van der Waals surface area contributed by atoms with Crippen LogP contribution in [0.5, 0.6) is 0 Å². The first-order chi connectivity index (χ1) is 22.5. The normalized spacial score (nSPS) is 13.3. The summed E-state index contributed by atoms with van der Waals surface area (Å²) < 4.78 is 5.98. The Morgan fingerprint density at radius 1 is 0.413 bits per heavy atom. The van der Waals surface area contributed by atoms with E-state index in [-0.39, 0.29) is 5.97 Å². The highest BCUT2D eigenvalue weighted by molar-refractivity contribution is 5.67. The monoisotopic (exact) mass is 598 g/mol. The third kappa shape index (κ3) is 7.35. The molecule has 12 bridgehead atoms. The lowest BCUT2D eigenvalue weighted by atomic mass is 9.93. The Morgan fingerprint density at radius 3 is 0.913 bits per heavy atom. The van der Waals surface area contributed by atoms with Gasteiger partial charge >= 0.3 is 5.97 Å². The van der Waals surface area contributed by atoms with Crippen molar-refractivity contribution in [1.82, 2.24) is 0 Å². The molecule has 0 aromatic heterocycles. The molecule has 2 nitrogen and oxygen atoms in total. The lowest BCUT2D eigenvalue weighted by Crippen LogP contribution is -2.11. The topological polar surface area (TPSA) is 26.3 Å². The Hall–Kier alpha value is -5.21. The summed E-state index contributed by atoms with van der Waals surface area (Å²) in [5.41, 5.74) is 14.8. The van der Waals surface area contributed by atoms with Gasteiger partial charge in [0.05, 0.1) is 0 Å². The second kappa shape index (κ2) is 13.4. The molecule has 6 aromatic carbocycles. The molecule has 1 aliphatic rings. The minimum Gasteiger partial charge on any atom is -0.453 e. The standard InChI is InChI=1S/C44H38O2/c1-31(45)46-44-42-18-6-16-40(29-42)27-38-14-4-12-36(25-38)23-34-10-2-8-32(21-34)20-33-9-3-11-35(22-33)24-37-13-5-15-39(26-37)28-41-17-7-19-43(44)30-41/h2-19,21-22,25-26,29-30,44H,20,23-24,27-28H2,1H3. The van der Waals surface area contributed by atoms with Crippen LogP contribution in [0.15, 0.2) is 146 Å². The van der Waals surface area contributed by atoms with E-state index >= 15 is 0 Å². The highest BCUT2D eigenvalue weighted by atomic mass is 16.5. The minimum atomic E-state index is -0.472. The fourth-order valence-electron chi connectivity index (χ4n) is 6.80. The van der Waals surface area contributed by atoms with Crippen LogP contribution in [-0.2, 0) is 41.6 Å². The predicted molar refractivity (Wildman–Crippen MR) is 186 cm³/mol. The van der Waals surface area contributed by atoms with Gasteiger partial charge in [-0.15, -0.1) is 0 Å². The van der Waals surface area contributed by atoms with E-state index in [2.05, 4.69) is 146 Å². The van der Waals surface area contributed by atoms with Crippen LogP contribution in [0.4, 0.5) is 0 Å². The smallest absolute Gasteiger partial charge is 0.303 e. The quantitative estimate of drug-likeness (QED) is 0.176. The maximum absolute atomic E-state index is 12.3. The largest absolute Gasteiger partial charge is 0.453 e. The third-order valence-electron chi connectivity index (χ3n) is 8.80. The van der Waals surface area contributed by atoms with Crippen LogP contribution in [0.25, 0.3) is 0 Å². The molecule has 46 heavy (non-hydrogen) atoms. The second-order valence-corrected chi connectivity index (χ2v) is 12.6. The number of carbonyl (C=O) groups is 1. The van der Waals surface area contributed by atoms with Gasteiger partial charge in [0, 0.05) is 6.92 Å². The van der Waals surface area contributed by atoms with Gasteiger partial charge in [-0.1, -0.05) is 146 Å². The van der Waals surface area contributed by atoms with E-state index in [1.807, 2.05) is 0 Å². The Balaban J connectivity index is 1.29. The van der Waals surface area contributed by atoms with Gasteiger partial charge in [0.25, 0.3) is 0 Å². The molecule has 0 unspecified atom stereocenters. The number of esters is 1. The average Bonchev–Trinajstić information content (AvgIpc) is 3.04. The summed E-state index contributed by atoms with van der Waals surface area (Å²) >= 11 is 0. The first kappa shape index (κ1) is 29.5. The van der Waals surface area contributed by atoms with E-state index < -0.39 is 6.10 Å². The molecule has 1 aliphatic carbocycles. The summed E-state index contributed by atoms with van der Waals surface area (Å²) in [4.78, 5) is 12.3. The van der Waals surface area contributed by atoms with Crippen molar-refractivity contribution in [2.24, 2.45) is 0 Å². The summed E-state index contributed by atoms with van der Waals surface area (Å²) in [6, 6.07) is 52.8. The van der Waals surface area contributed by atoms with E-state index in [0.717, 1.165) is 43.2 Å². The number of hydrogen-bond donors (Lipinski definition) is 0. The van der Waals surface area contributed by atoms with Crippen LogP contribution in [0.2, 0.25) is 0 Å². The molecule has 226 valence electrons. The fraction of sp³-hybridized carbons (Fsp3) is 0.159. The average molecular weight is 599 g/mol. The maximum Gasteiger partial charge on any atom is 0.303 e. The van der Waals surface area contributed by atoms with Crippen molar-refractivity contribution in [3.05, 3.63) is 212 Å². The van der Waals surface area contributed by atoms with Crippen molar-refractivity contribution < 1.29 is 9.53 Å². The first-order valence-corrected chi connectivity index (χ1v) is 16.2. The van der Waals surface area contributed by atoms with Gasteiger partial charge in [-0.3, -0.25) is 4.79 Å².